The summed E-state index contributed by atoms with van der Waals surface area (Å²) < 4.78 is 0. The van der Waals surface area contributed by atoms with Gasteiger partial charge in [-0.15, -0.1) is 11.8 Å². The molecule has 0 spiro atoms. The van der Waals surface area contributed by atoms with Crippen LogP contribution in [0.25, 0.3) is 11.4 Å². The second kappa shape index (κ2) is 7.14. The minimum atomic E-state index is -0.482. The van der Waals surface area contributed by atoms with Gasteiger partial charge in [-0.3, -0.25) is 9.59 Å². The van der Waals surface area contributed by atoms with Gasteiger partial charge in [0, 0.05) is 16.7 Å². The topological polar surface area (TPSA) is 74.8 Å². The van der Waals surface area contributed by atoms with Gasteiger partial charge >= 0.3 is 0 Å². The van der Waals surface area contributed by atoms with E-state index in [-0.39, 0.29) is 5.56 Å². The number of carbonyl (C=O) groups is 1. The normalized spacial score (nSPS) is 10.4. The second-order valence-corrected chi connectivity index (χ2v) is 5.84. The van der Waals surface area contributed by atoms with E-state index in [4.69, 9.17) is 0 Å². The molecule has 24 heavy (non-hydrogen) atoms. The summed E-state index contributed by atoms with van der Waals surface area (Å²) in [4.78, 5) is 32.4. The summed E-state index contributed by atoms with van der Waals surface area (Å²) in [6.07, 6.45) is 3.23. The molecule has 120 valence electrons. The molecule has 0 saturated carbocycles. The minimum Gasteiger partial charge on any atom is -0.321 e. The Bertz CT molecular complexity index is 923. The number of hydrogen-bond acceptors (Lipinski definition) is 4. The lowest BCUT2D eigenvalue weighted by Gasteiger charge is -2.09. The maximum atomic E-state index is 12.4. The van der Waals surface area contributed by atoms with E-state index in [0.717, 1.165) is 10.5 Å². The first-order valence-electron chi connectivity index (χ1n) is 7.28. The van der Waals surface area contributed by atoms with Crippen LogP contribution in [-0.2, 0) is 0 Å². The van der Waals surface area contributed by atoms with Gasteiger partial charge in [0.1, 0.15) is 11.4 Å². The number of nitrogens with zero attached hydrogens (tertiary/aromatic N) is 1. The number of para-hydroxylation sites is 1. The van der Waals surface area contributed by atoms with Crippen molar-refractivity contribution < 1.29 is 4.79 Å². The van der Waals surface area contributed by atoms with E-state index >= 15 is 0 Å². The second-order valence-electron chi connectivity index (χ2n) is 5.00. The average Bonchev–Trinajstić information content (AvgIpc) is 2.62. The predicted octanol–water partition coefficient (Wildman–Crippen LogP) is 3.41. The van der Waals surface area contributed by atoms with E-state index in [0.29, 0.717) is 11.5 Å². The molecule has 1 aromatic heterocycles. The number of anilines is 1. The Labute approximate surface area is 143 Å². The van der Waals surface area contributed by atoms with Gasteiger partial charge in [0.05, 0.1) is 5.69 Å². The number of aromatic nitrogens is 2. The Morgan fingerprint density at radius 2 is 1.79 bits per heavy atom. The van der Waals surface area contributed by atoms with Crippen LogP contribution in [0.4, 0.5) is 5.69 Å². The fraction of sp³-hybridized carbons (Fsp3) is 0.0556. The van der Waals surface area contributed by atoms with E-state index in [1.165, 1.54) is 18.0 Å². The molecular weight excluding hydrogens is 322 g/mol. The molecule has 0 aliphatic carbocycles. The molecular formula is C18H15N3O2S. The van der Waals surface area contributed by atoms with Gasteiger partial charge in [-0.1, -0.05) is 42.5 Å². The lowest BCUT2D eigenvalue weighted by molar-refractivity contribution is 0.102. The molecule has 0 aliphatic heterocycles. The zero-order chi connectivity index (χ0) is 16.9. The number of aromatic amines is 1. The van der Waals surface area contributed by atoms with Crippen molar-refractivity contribution in [2.75, 3.05) is 11.6 Å². The van der Waals surface area contributed by atoms with Gasteiger partial charge in [0.2, 0.25) is 0 Å². The molecule has 1 heterocycles. The quantitative estimate of drug-likeness (QED) is 0.716. The van der Waals surface area contributed by atoms with Gasteiger partial charge in [-0.25, -0.2) is 4.98 Å². The zero-order valence-electron chi connectivity index (χ0n) is 12.9. The number of hydrogen-bond donors (Lipinski definition) is 2. The third kappa shape index (κ3) is 3.38. The summed E-state index contributed by atoms with van der Waals surface area (Å²) in [5.41, 5.74) is 0.962. The molecule has 0 fully saturated rings. The van der Waals surface area contributed by atoms with Crippen molar-refractivity contribution in [3.63, 3.8) is 0 Å². The van der Waals surface area contributed by atoms with Crippen LogP contribution in [0.1, 0.15) is 10.4 Å². The molecule has 3 aromatic rings. The van der Waals surface area contributed by atoms with Crippen molar-refractivity contribution in [3.8, 4) is 11.4 Å². The van der Waals surface area contributed by atoms with Crippen molar-refractivity contribution in [1.29, 1.82) is 0 Å². The van der Waals surface area contributed by atoms with E-state index in [1.807, 2.05) is 54.8 Å². The molecule has 2 aromatic carbocycles. The molecule has 0 bridgehead atoms. The van der Waals surface area contributed by atoms with E-state index in [1.54, 1.807) is 6.07 Å². The molecule has 3 rings (SSSR count). The predicted molar refractivity (Wildman–Crippen MR) is 96.5 cm³/mol. The Morgan fingerprint density at radius 1 is 1.08 bits per heavy atom. The summed E-state index contributed by atoms with van der Waals surface area (Å²) >= 11 is 1.52. The van der Waals surface area contributed by atoms with Gasteiger partial charge in [0.25, 0.3) is 11.5 Å². The van der Waals surface area contributed by atoms with Crippen LogP contribution in [0.2, 0.25) is 0 Å². The third-order valence-corrected chi connectivity index (χ3v) is 4.24. The van der Waals surface area contributed by atoms with E-state index < -0.39 is 11.5 Å². The van der Waals surface area contributed by atoms with Crippen LogP contribution in [0.5, 0.6) is 0 Å². The first kappa shape index (κ1) is 16.0. The third-order valence-electron chi connectivity index (χ3n) is 3.45. The Hall–Kier alpha value is -2.86. The Morgan fingerprint density at radius 3 is 2.50 bits per heavy atom. The van der Waals surface area contributed by atoms with Crippen LogP contribution < -0.4 is 10.9 Å². The van der Waals surface area contributed by atoms with Crippen LogP contribution in [0.3, 0.4) is 0 Å². The minimum absolute atomic E-state index is 0.0226. The van der Waals surface area contributed by atoms with Crippen LogP contribution >= 0.6 is 11.8 Å². The maximum Gasteiger partial charge on any atom is 0.264 e. The molecule has 1 amide bonds. The number of carbonyl (C=O) groups excluding carboxylic acids is 1. The van der Waals surface area contributed by atoms with Crippen LogP contribution in [0.15, 0.2) is 70.5 Å². The number of H-pyrrole nitrogens is 1. The van der Waals surface area contributed by atoms with Crippen molar-refractivity contribution in [2.24, 2.45) is 0 Å². The number of benzene rings is 2. The van der Waals surface area contributed by atoms with Crippen molar-refractivity contribution in [2.45, 2.75) is 4.90 Å². The molecule has 0 saturated heterocycles. The highest BCUT2D eigenvalue weighted by atomic mass is 32.2. The fourth-order valence-electron chi connectivity index (χ4n) is 2.24. The van der Waals surface area contributed by atoms with Crippen LogP contribution in [0, 0.1) is 0 Å². The SMILES string of the molecule is CSc1ccccc1NC(=O)c1cnc(-c2ccccc2)[nH]c1=O. The standard InChI is InChI=1S/C18H15N3O2S/c1-24-15-10-6-5-9-14(15)20-17(22)13-11-19-16(21-18(13)23)12-7-3-2-4-8-12/h2-11H,1H3,(H,20,22)(H,19,21,23). The molecule has 0 unspecified atom stereocenters. The van der Waals surface area contributed by atoms with Gasteiger partial charge < -0.3 is 10.3 Å². The van der Waals surface area contributed by atoms with Crippen molar-refractivity contribution >= 4 is 23.4 Å². The Kier molecular flexibility index (Phi) is 4.77. The monoisotopic (exact) mass is 337 g/mol. The number of nitrogens with one attached hydrogen (secondary N) is 2. The Balaban J connectivity index is 1.87. The van der Waals surface area contributed by atoms with Gasteiger partial charge in [-0.05, 0) is 18.4 Å². The maximum absolute atomic E-state index is 12.4. The first-order chi connectivity index (χ1) is 11.7. The van der Waals surface area contributed by atoms with Gasteiger partial charge in [-0.2, -0.15) is 0 Å². The van der Waals surface area contributed by atoms with Crippen molar-refractivity contribution in [3.05, 3.63) is 76.7 Å². The summed E-state index contributed by atoms with van der Waals surface area (Å²) in [7, 11) is 0. The highest BCUT2D eigenvalue weighted by Gasteiger charge is 2.14. The molecule has 6 heteroatoms. The highest BCUT2D eigenvalue weighted by Crippen LogP contribution is 2.24. The molecule has 0 atom stereocenters. The molecule has 2 N–H and O–H groups in total. The largest absolute Gasteiger partial charge is 0.321 e. The molecule has 0 aliphatic rings. The lowest BCUT2D eigenvalue weighted by Crippen LogP contribution is -2.24. The van der Waals surface area contributed by atoms with Crippen LogP contribution in [-0.4, -0.2) is 22.1 Å². The number of thioether (sulfide) groups is 1. The molecule has 5 nitrogen and oxygen atoms in total. The summed E-state index contributed by atoms with van der Waals surface area (Å²) in [5, 5.41) is 2.76. The molecule has 0 radical (unpaired) electrons. The first-order valence-corrected chi connectivity index (χ1v) is 8.50. The number of rotatable bonds is 4. The summed E-state index contributed by atoms with van der Waals surface area (Å²) in [6, 6.07) is 16.7. The van der Waals surface area contributed by atoms with Gasteiger partial charge in [0.15, 0.2) is 0 Å². The fourth-order valence-corrected chi connectivity index (χ4v) is 2.79. The smallest absolute Gasteiger partial charge is 0.264 e. The number of amides is 1. The van der Waals surface area contributed by atoms with E-state index in [9.17, 15) is 9.59 Å². The van der Waals surface area contributed by atoms with Crippen molar-refractivity contribution in [1.82, 2.24) is 9.97 Å². The lowest BCUT2D eigenvalue weighted by atomic mass is 10.2. The highest BCUT2D eigenvalue weighted by molar-refractivity contribution is 7.98. The average molecular weight is 337 g/mol. The zero-order valence-corrected chi connectivity index (χ0v) is 13.8. The summed E-state index contributed by atoms with van der Waals surface area (Å²) in [5.74, 6) is -0.0495. The van der Waals surface area contributed by atoms with E-state index in [2.05, 4.69) is 15.3 Å². The summed E-state index contributed by atoms with van der Waals surface area (Å²) in [6.45, 7) is 0.